The van der Waals surface area contributed by atoms with Crippen molar-refractivity contribution in [2.24, 2.45) is 0 Å². The Kier molecular flexibility index (Phi) is 5.22. The number of alkyl halides is 3. The number of rotatable bonds is 6. The van der Waals surface area contributed by atoms with E-state index in [2.05, 4.69) is 25.1 Å². The molecule has 4 aromatic rings. The summed E-state index contributed by atoms with van der Waals surface area (Å²) in [7, 11) is 0. The van der Waals surface area contributed by atoms with E-state index in [1.54, 1.807) is 29.5 Å². The van der Waals surface area contributed by atoms with E-state index in [-0.39, 0.29) is 22.6 Å². The van der Waals surface area contributed by atoms with Crippen molar-refractivity contribution in [2.45, 2.75) is 41.7 Å². The zero-order chi connectivity index (χ0) is 21.4. The van der Waals surface area contributed by atoms with Crippen molar-refractivity contribution in [1.82, 2.24) is 29.7 Å². The Morgan fingerprint density at radius 1 is 1.10 bits per heavy atom. The Hall–Kier alpha value is -2.79. The molecule has 1 aliphatic carbocycles. The first-order valence-electron chi connectivity index (χ1n) is 9.49. The monoisotopic (exact) mass is 460 g/mol. The normalized spacial score (nSPS) is 14.2. The second-order valence-electron chi connectivity index (χ2n) is 6.99. The van der Waals surface area contributed by atoms with Crippen LogP contribution in [0.15, 0.2) is 58.2 Å². The van der Waals surface area contributed by atoms with Crippen LogP contribution in [0.1, 0.15) is 35.3 Å². The summed E-state index contributed by atoms with van der Waals surface area (Å²) in [6, 6.07) is 10.2. The summed E-state index contributed by atoms with van der Waals surface area (Å²) in [6.45, 7) is 0. The molecule has 1 saturated carbocycles. The van der Waals surface area contributed by atoms with Gasteiger partial charge in [-0.1, -0.05) is 12.1 Å². The molecule has 158 valence electrons. The summed E-state index contributed by atoms with van der Waals surface area (Å²) in [5, 5.41) is 11.3. The summed E-state index contributed by atoms with van der Waals surface area (Å²) in [5.74, 6) is 0.733. The van der Waals surface area contributed by atoms with Crippen LogP contribution in [0.4, 0.5) is 13.2 Å². The van der Waals surface area contributed by atoms with E-state index in [1.807, 2.05) is 22.1 Å². The number of halogens is 3. The number of pyridine rings is 1. The van der Waals surface area contributed by atoms with Gasteiger partial charge in [-0.25, -0.2) is 9.97 Å². The lowest BCUT2D eigenvalue weighted by atomic mass is 10.3. The molecule has 0 amide bonds. The first-order chi connectivity index (χ1) is 15.0. The van der Waals surface area contributed by atoms with Crippen molar-refractivity contribution in [1.29, 1.82) is 0 Å². The lowest BCUT2D eigenvalue weighted by molar-refractivity contribution is -0.141. The van der Waals surface area contributed by atoms with Crippen molar-refractivity contribution >= 4 is 23.1 Å². The van der Waals surface area contributed by atoms with Crippen LogP contribution in [0.5, 0.6) is 0 Å². The Labute approximate surface area is 183 Å². The van der Waals surface area contributed by atoms with Crippen molar-refractivity contribution in [3.05, 3.63) is 64.4 Å². The molecule has 0 aliphatic heterocycles. The number of nitrogens with zero attached hydrogens (tertiary/aromatic N) is 6. The van der Waals surface area contributed by atoms with E-state index >= 15 is 0 Å². The maximum absolute atomic E-state index is 13.5. The molecule has 0 bridgehead atoms. The summed E-state index contributed by atoms with van der Waals surface area (Å²) in [6.07, 6.45) is -0.472. The van der Waals surface area contributed by atoms with Crippen LogP contribution >= 0.6 is 23.1 Å². The number of thiophene rings is 1. The minimum absolute atomic E-state index is 0.0748. The number of hydrogen-bond donors (Lipinski definition) is 0. The zero-order valence-corrected chi connectivity index (χ0v) is 17.6. The lowest BCUT2D eigenvalue weighted by Crippen LogP contribution is -2.10. The third-order valence-electron chi connectivity index (χ3n) is 4.64. The van der Waals surface area contributed by atoms with Crippen molar-refractivity contribution in [3.8, 4) is 11.5 Å². The highest BCUT2D eigenvalue weighted by Gasteiger charge is 2.35. The topological polar surface area (TPSA) is 69.4 Å². The SMILES string of the molecule is FC(F)(F)c1cc(Sc2nnc(Cc3cccs3)n2C2CC2)nc(-c2ccccn2)n1. The Morgan fingerprint density at radius 3 is 2.65 bits per heavy atom. The standard InChI is InChI=1S/C20H15F3N6S2/c21-20(22,23)15-11-17(26-18(25-15)14-5-1-2-8-24-14)31-19-28-27-16(29(19)12-6-7-12)10-13-4-3-9-30-13/h1-5,8-9,11-12H,6-7,10H2. The minimum Gasteiger partial charge on any atom is -0.302 e. The fraction of sp³-hybridized carbons (Fsp3) is 0.250. The average molecular weight is 461 g/mol. The van der Waals surface area contributed by atoms with Crippen LogP contribution in [0, 0.1) is 0 Å². The van der Waals surface area contributed by atoms with Crippen LogP contribution in [-0.2, 0) is 12.6 Å². The molecule has 0 N–H and O–H groups in total. The van der Waals surface area contributed by atoms with Crippen molar-refractivity contribution < 1.29 is 13.2 Å². The smallest absolute Gasteiger partial charge is 0.302 e. The third kappa shape index (κ3) is 4.47. The van der Waals surface area contributed by atoms with Crippen LogP contribution in [-0.4, -0.2) is 29.7 Å². The van der Waals surface area contributed by atoms with Crippen molar-refractivity contribution in [3.63, 3.8) is 0 Å². The molecule has 6 nitrogen and oxygen atoms in total. The second kappa shape index (κ2) is 8.04. The predicted molar refractivity (Wildman–Crippen MR) is 110 cm³/mol. The first-order valence-corrected chi connectivity index (χ1v) is 11.2. The van der Waals surface area contributed by atoms with Gasteiger partial charge in [-0.05, 0) is 48.2 Å². The highest BCUT2D eigenvalue weighted by Crippen LogP contribution is 2.41. The quantitative estimate of drug-likeness (QED) is 0.364. The molecule has 5 rings (SSSR count). The highest BCUT2D eigenvalue weighted by molar-refractivity contribution is 7.99. The first kappa shape index (κ1) is 20.1. The number of hydrogen-bond acceptors (Lipinski definition) is 7. The van der Waals surface area contributed by atoms with Crippen molar-refractivity contribution in [2.75, 3.05) is 0 Å². The molecule has 0 radical (unpaired) electrons. The Bertz CT molecular complexity index is 1190. The molecule has 0 saturated heterocycles. The van der Waals surface area contributed by atoms with Gasteiger partial charge in [0.1, 0.15) is 22.2 Å². The van der Waals surface area contributed by atoms with Gasteiger partial charge < -0.3 is 4.57 Å². The lowest BCUT2D eigenvalue weighted by Gasteiger charge is -2.11. The summed E-state index contributed by atoms with van der Waals surface area (Å²) in [5.41, 5.74) is -0.737. The van der Waals surface area contributed by atoms with Gasteiger partial charge in [0.05, 0.1) is 0 Å². The summed E-state index contributed by atoms with van der Waals surface area (Å²) < 4.78 is 42.5. The van der Waals surface area contributed by atoms with Gasteiger partial charge >= 0.3 is 6.18 Å². The average Bonchev–Trinajstić information content (AvgIpc) is 3.31. The highest BCUT2D eigenvalue weighted by atomic mass is 32.2. The maximum atomic E-state index is 13.5. The molecule has 0 unspecified atom stereocenters. The van der Waals surface area contributed by atoms with Crippen LogP contribution < -0.4 is 0 Å². The minimum atomic E-state index is -4.60. The van der Waals surface area contributed by atoms with Gasteiger partial charge in [-0.3, -0.25) is 4.98 Å². The Morgan fingerprint density at radius 2 is 1.97 bits per heavy atom. The van der Waals surface area contributed by atoms with Gasteiger partial charge in [-0.15, -0.1) is 21.5 Å². The summed E-state index contributed by atoms with van der Waals surface area (Å²) in [4.78, 5) is 13.3. The molecular formula is C20H15F3N6S2. The third-order valence-corrected chi connectivity index (χ3v) is 6.40. The van der Waals surface area contributed by atoms with E-state index < -0.39 is 11.9 Å². The molecule has 0 atom stereocenters. The predicted octanol–water partition coefficient (Wildman–Crippen LogP) is 5.29. The molecule has 4 aromatic heterocycles. The molecule has 1 aliphatic rings. The zero-order valence-electron chi connectivity index (χ0n) is 16.0. The van der Waals surface area contributed by atoms with E-state index in [0.29, 0.717) is 11.6 Å². The van der Waals surface area contributed by atoms with E-state index in [4.69, 9.17) is 0 Å². The Balaban J connectivity index is 1.52. The maximum Gasteiger partial charge on any atom is 0.433 e. The molecule has 1 fully saturated rings. The molecule has 0 aromatic carbocycles. The molecule has 11 heteroatoms. The van der Waals surface area contributed by atoms with E-state index in [1.165, 1.54) is 6.20 Å². The van der Waals surface area contributed by atoms with Gasteiger partial charge in [0.25, 0.3) is 0 Å². The molecular weight excluding hydrogens is 445 g/mol. The van der Waals surface area contributed by atoms with E-state index in [9.17, 15) is 13.2 Å². The molecule has 31 heavy (non-hydrogen) atoms. The van der Waals surface area contributed by atoms with Crippen LogP contribution in [0.2, 0.25) is 0 Å². The number of aromatic nitrogens is 6. The molecule has 4 heterocycles. The second-order valence-corrected chi connectivity index (χ2v) is 9.01. The molecule has 0 spiro atoms. The fourth-order valence-corrected chi connectivity index (χ4v) is 4.72. The van der Waals surface area contributed by atoms with Gasteiger partial charge in [0.15, 0.2) is 11.0 Å². The summed E-state index contributed by atoms with van der Waals surface area (Å²) >= 11 is 2.70. The van der Waals surface area contributed by atoms with Crippen LogP contribution in [0.3, 0.4) is 0 Å². The largest absolute Gasteiger partial charge is 0.433 e. The van der Waals surface area contributed by atoms with Crippen LogP contribution in [0.25, 0.3) is 11.5 Å². The van der Waals surface area contributed by atoms with E-state index in [0.717, 1.165) is 41.4 Å². The van der Waals surface area contributed by atoms with Gasteiger partial charge in [-0.2, -0.15) is 13.2 Å². The fourth-order valence-electron chi connectivity index (χ4n) is 3.09. The van der Waals surface area contributed by atoms with Gasteiger partial charge in [0.2, 0.25) is 0 Å². The van der Waals surface area contributed by atoms with Gasteiger partial charge in [0, 0.05) is 29.6 Å².